The number of carbonyl (C=O) groups excluding carboxylic acids is 2. The highest BCUT2D eigenvalue weighted by atomic mass is 16.2. The average Bonchev–Trinajstić information content (AvgIpc) is 3.07. The number of aromatic nitrogens is 1. The van der Waals surface area contributed by atoms with Crippen molar-refractivity contribution in [1.29, 1.82) is 0 Å². The van der Waals surface area contributed by atoms with Gasteiger partial charge >= 0.3 is 0 Å². The number of nitrogens with one attached hydrogen (secondary N) is 1. The number of hydrogen-bond acceptors (Lipinski definition) is 5. The summed E-state index contributed by atoms with van der Waals surface area (Å²) < 4.78 is 0. The number of benzene rings is 3. The molecule has 1 aliphatic heterocycles. The van der Waals surface area contributed by atoms with E-state index in [2.05, 4.69) is 81.6 Å². The molecule has 7 heteroatoms. The summed E-state index contributed by atoms with van der Waals surface area (Å²) in [4.78, 5) is 36.5. The highest BCUT2D eigenvalue weighted by molar-refractivity contribution is 5.97. The molecule has 0 radical (unpaired) electrons. The van der Waals surface area contributed by atoms with E-state index >= 15 is 0 Å². The second kappa shape index (κ2) is 15.2. The molecular formula is C39H47N5O2. The van der Waals surface area contributed by atoms with Crippen molar-refractivity contribution in [3.63, 3.8) is 0 Å². The Kier molecular flexibility index (Phi) is 10.9. The molecule has 7 nitrogen and oxygen atoms in total. The first-order valence-electron chi connectivity index (χ1n) is 16.4. The van der Waals surface area contributed by atoms with Gasteiger partial charge in [-0.15, -0.1) is 0 Å². The van der Waals surface area contributed by atoms with E-state index in [-0.39, 0.29) is 11.8 Å². The lowest BCUT2D eigenvalue weighted by Crippen LogP contribution is -2.48. The zero-order valence-electron chi connectivity index (χ0n) is 27.9. The van der Waals surface area contributed by atoms with E-state index in [0.717, 1.165) is 72.4 Å². The maximum atomic E-state index is 13.2. The number of anilines is 1. The van der Waals surface area contributed by atoms with Crippen molar-refractivity contribution < 1.29 is 9.59 Å². The SMILES string of the molecule is Cc1cc(-c2ccncc2)cc(C)c1C(=O)NCCC(C)N1CCC(N(Cc2ccccc2)c2ccc(C(=O)N(C)C)cc2)CC1. The normalized spacial score (nSPS) is 14.5. The minimum atomic E-state index is -0.00274. The highest BCUT2D eigenvalue weighted by Crippen LogP contribution is 2.28. The standard InChI is InChI=1S/C39H47N5O2/c1-28-25-34(32-16-20-40-21-17-32)26-29(2)37(28)38(45)41-22-15-30(3)43-23-18-36(19-24-43)44(27-31-9-7-6-8-10-31)35-13-11-33(12-14-35)39(46)42(4)5/h6-14,16-17,20-21,25-26,30,36H,15,18-19,22-24,27H2,1-5H3,(H,41,45). The van der Waals surface area contributed by atoms with Gasteiger partial charge < -0.3 is 20.0 Å². The molecule has 1 N–H and O–H groups in total. The number of piperidine rings is 1. The first kappa shape index (κ1) is 32.9. The molecule has 2 heterocycles. The van der Waals surface area contributed by atoms with Crippen molar-refractivity contribution in [1.82, 2.24) is 20.1 Å². The van der Waals surface area contributed by atoms with E-state index in [1.165, 1.54) is 5.56 Å². The van der Waals surface area contributed by atoms with Crippen LogP contribution in [-0.2, 0) is 6.54 Å². The number of aryl methyl sites for hydroxylation is 2. The number of carbonyl (C=O) groups is 2. The van der Waals surface area contributed by atoms with E-state index in [1.807, 2.05) is 38.1 Å². The van der Waals surface area contributed by atoms with Crippen LogP contribution in [0.15, 0.2) is 91.3 Å². The predicted octanol–water partition coefficient (Wildman–Crippen LogP) is 6.75. The van der Waals surface area contributed by atoms with E-state index in [1.54, 1.807) is 31.4 Å². The maximum Gasteiger partial charge on any atom is 0.253 e. The van der Waals surface area contributed by atoms with Gasteiger partial charge in [0.2, 0.25) is 0 Å². The Morgan fingerprint density at radius 2 is 1.52 bits per heavy atom. The van der Waals surface area contributed by atoms with Gasteiger partial charge in [0.25, 0.3) is 11.8 Å². The van der Waals surface area contributed by atoms with Crippen LogP contribution in [0.3, 0.4) is 0 Å². The first-order chi connectivity index (χ1) is 22.2. The monoisotopic (exact) mass is 617 g/mol. The van der Waals surface area contributed by atoms with Crippen LogP contribution in [-0.4, -0.2) is 72.4 Å². The molecule has 0 saturated carbocycles. The van der Waals surface area contributed by atoms with E-state index in [0.29, 0.717) is 24.2 Å². The van der Waals surface area contributed by atoms with Gasteiger partial charge in [0.1, 0.15) is 0 Å². The molecule has 1 saturated heterocycles. The fourth-order valence-electron chi connectivity index (χ4n) is 6.60. The third kappa shape index (κ3) is 8.01. The van der Waals surface area contributed by atoms with Gasteiger partial charge in [-0.05, 0) is 104 Å². The first-order valence-corrected chi connectivity index (χ1v) is 16.4. The van der Waals surface area contributed by atoms with Crippen LogP contribution in [0.1, 0.15) is 63.6 Å². The Morgan fingerprint density at radius 1 is 0.891 bits per heavy atom. The van der Waals surface area contributed by atoms with Crippen LogP contribution < -0.4 is 10.2 Å². The molecule has 0 aliphatic carbocycles. The van der Waals surface area contributed by atoms with Crippen molar-refractivity contribution in [3.8, 4) is 11.1 Å². The van der Waals surface area contributed by atoms with Crippen molar-refractivity contribution in [3.05, 3.63) is 119 Å². The van der Waals surface area contributed by atoms with Crippen LogP contribution in [0.25, 0.3) is 11.1 Å². The summed E-state index contributed by atoms with van der Waals surface area (Å²) in [7, 11) is 3.57. The molecule has 1 atom stereocenters. The second-order valence-electron chi connectivity index (χ2n) is 12.7. The third-order valence-electron chi connectivity index (χ3n) is 9.23. The molecule has 4 aromatic rings. The molecule has 0 spiro atoms. The summed E-state index contributed by atoms with van der Waals surface area (Å²) in [5, 5.41) is 3.19. The van der Waals surface area contributed by atoms with E-state index < -0.39 is 0 Å². The van der Waals surface area contributed by atoms with Gasteiger partial charge in [-0.1, -0.05) is 42.5 Å². The van der Waals surface area contributed by atoms with Crippen LogP contribution in [0, 0.1) is 13.8 Å². The van der Waals surface area contributed by atoms with Crippen LogP contribution in [0.5, 0.6) is 0 Å². The topological polar surface area (TPSA) is 68.8 Å². The predicted molar refractivity (Wildman–Crippen MR) is 187 cm³/mol. The number of rotatable bonds is 11. The van der Waals surface area contributed by atoms with Crippen LogP contribution in [0.4, 0.5) is 5.69 Å². The second-order valence-corrected chi connectivity index (χ2v) is 12.7. The molecule has 240 valence electrons. The van der Waals surface area contributed by atoms with Gasteiger partial charge in [-0.2, -0.15) is 0 Å². The van der Waals surface area contributed by atoms with Gasteiger partial charge in [0, 0.05) is 81.6 Å². The molecule has 1 aromatic heterocycles. The van der Waals surface area contributed by atoms with Crippen molar-refractivity contribution in [2.24, 2.45) is 0 Å². The van der Waals surface area contributed by atoms with Crippen LogP contribution >= 0.6 is 0 Å². The summed E-state index contributed by atoms with van der Waals surface area (Å²) in [6.07, 6.45) is 6.60. The van der Waals surface area contributed by atoms with Gasteiger partial charge in [-0.25, -0.2) is 0 Å². The smallest absolute Gasteiger partial charge is 0.253 e. The Labute approximate surface area is 274 Å². The largest absolute Gasteiger partial charge is 0.364 e. The number of amides is 2. The van der Waals surface area contributed by atoms with Gasteiger partial charge in [0.15, 0.2) is 0 Å². The number of likely N-dealkylation sites (tertiary alicyclic amines) is 1. The maximum absolute atomic E-state index is 13.2. The molecule has 46 heavy (non-hydrogen) atoms. The summed E-state index contributed by atoms with van der Waals surface area (Å²) in [6.45, 7) is 9.79. The van der Waals surface area contributed by atoms with E-state index in [4.69, 9.17) is 0 Å². The lowest BCUT2D eigenvalue weighted by Gasteiger charge is -2.42. The molecule has 2 amide bonds. The molecule has 1 unspecified atom stereocenters. The quantitative estimate of drug-likeness (QED) is 0.202. The molecular weight excluding hydrogens is 570 g/mol. The molecule has 1 aliphatic rings. The average molecular weight is 618 g/mol. The fourth-order valence-corrected chi connectivity index (χ4v) is 6.60. The van der Waals surface area contributed by atoms with Crippen molar-refractivity contribution in [2.45, 2.75) is 58.7 Å². The fraction of sp³-hybridized carbons (Fsp3) is 0.359. The zero-order valence-corrected chi connectivity index (χ0v) is 27.9. The molecule has 1 fully saturated rings. The third-order valence-corrected chi connectivity index (χ3v) is 9.23. The minimum Gasteiger partial charge on any atom is -0.364 e. The summed E-state index contributed by atoms with van der Waals surface area (Å²) in [5.41, 5.74) is 8.07. The van der Waals surface area contributed by atoms with Gasteiger partial charge in [0.05, 0.1) is 0 Å². The lowest BCUT2D eigenvalue weighted by molar-refractivity contribution is 0.0827. The molecule has 3 aromatic carbocycles. The number of nitrogens with zero attached hydrogens (tertiary/aromatic N) is 4. The summed E-state index contributed by atoms with van der Waals surface area (Å²) in [5.74, 6) is 0.0147. The van der Waals surface area contributed by atoms with E-state index in [9.17, 15) is 9.59 Å². The Balaban J connectivity index is 1.16. The summed E-state index contributed by atoms with van der Waals surface area (Å²) in [6, 6.07) is 27.6. The lowest BCUT2D eigenvalue weighted by atomic mass is 9.95. The minimum absolute atomic E-state index is 0.00274. The molecule has 5 rings (SSSR count). The van der Waals surface area contributed by atoms with Gasteiger partial charge in [-0.3, -0.25) is 14.6 Å². The van der Waals surface area contributed by atoms with Crippen molar-refractivity contribution in [2.75, 3.05) is 38.6 Å². The Bertz CT molecular complexity index is 1570. The Morgan fingerprint density at radius 3 is 2.13 bits per heavy atom. The van der Waals surface area contributed by atoms with Crippen LogP contribution in [0.2, 0.25) is 0 Å². The van der Waals surface area contributed by atoms with Crippen molar-refractivity contribution >= 4 is 17.5 Å². The number of pyridine rings is 1. The number of hydrogen-bond donors (Lipinski definition) is 1. The summed E-state index contributed by atoms with van der Waals surface area (Å²) >= 11 is 0. The zero-order chi connectivity index (χ0) is 32.6. The Hall–Kier alpha value is -4.49. The highest BCUT2D eigenvalue weighted by Gasteiger charge is 2.27. The molecule has 0 bridgehead atoms.